The number of aromatic nitrogens is 3. The maximum absolute atomic E-state index is 13.0. The van der Waals surface area contributed by atoms with E-state index in [0.717, 1.165) is 10.9 Å². The number of hydrogen-bond acceptors (Lipinski definition) is 7. The molecule has 1 N–H and O–H groups in total. The predicted molar refractivity (Wildman–Crippen MR) is 122 cm³/mol. The highest BCUT2D eigenvalue weighted by Gasteiger charge is 2.29. The molecule has 0 spiro atoms. The summed E-state index contributed by atoms with van der Waals surface area (Å²) in [7, 11) is 0. The van der Waals surface area contributed by atoms with Crippen molar-refractivity contribution in [3.8, 4) is 0 Å². The van der Waals surface area contributed by atoms with E-state index < -0.39 is 17.3 Å². The number of rotatable bonds is 4. The number of amides is 2. The quantitative estimate of drug-likeness (QED) is 0.769. The first-order valence-corrected chi connectivity index (χ1v) is 10.9. The van der Waals surface area contributed by atoms with E-state index in [4.69, 9.17) is 9.47 Å². The van der Waals surface area contributed by atoms with E-state index in [1.54, 1.807) is 22.2 Å². The number of H-pyrrole nitrogens is 1. The van der Waals surface area contributed by atoms with Crippen molar-refractivity contribution in [2.45, 2.75) is 52.7 Å². The molecule has 10 heteroatoms. The Morgan fingerprint density at radius 3 is 2.34 bits per heavy atom. The summed E-state index contributed by atoms with van der Waals surface area (Å²) in [6, 6.07) is 1.82. The number of hydrogen-bond donors (Lipinski definition) is 1. The minimum Gasteiger partial charge on any atom is -0.444 e. The topological polar surface area (TPSA) is 104 Å². The van der Waals surface area contributed by atoms with Crippen molar-refractivity contribution in [1.29, 1.82) is 0 Å². The van der Waals surface area contributed by atoms with Gasteiger partial charge in [-0.25, -0.2) is 9.59 Å². The third-order valence-corrected chi connectivity index (χ3v) is 4.88. The molecule has 0 aliphatic carbocycles. The molecule has 2 aromatic heterocycles. The van der Waals surface area contributed by atoms with Crippen LogP contribution in [0.25, 0.3) is 10.9 Å². The average molecular weight is 447 g/mol. The van der Waals surface area contributed by atoms with Gasteiger partial charge < -0.3 is 14.4 Å². The van der Waals surface area contributed by atoms with Gasteiger partial charge in [0, 0.05) is 50.9 Å². The molecular formula is C22H34N6O4. The van der Waals surface area contributed by atoms with Crippen LogP contribution in [0.4, 0.5) is 15.4 Å². The van der Waals surface area contributed by atoms with Crippen molar-refractivity contribution < 1.29 is 19.1 Å². The number of nitrogens with one attached hydrogen (secondary N) is 1. The first-order chi connectivity index (χ1) is 14.9. The largest absolute Gasteiger partial charge is 0.444 e. The fourth-order valence-electron chi connectivity index (χ4n) is 3.38. The van der Waals surface area contributed by atoms with E-state index in [9.17, 15) is 9.59 Å². The molecule has 1 fully saturated rings. The third-order valence-electron chi connectivity index (χ3n) is 4.88. The standard InChI is InChI=1S/C22H34N6O4/c1-21(2,3)31-19(29)27-12-9-26(10-13-27)11-14-28(20(30)32-22(4,5)6)18-16-7-8-23-15-17(16)24-25-18/h7-8,15H,9-14H2,1-6H3,(H,24,25). The van der Waals surface area contributed by atoms with Crippen LogP contribution in [-0.4, -0.2) is 87.6 Å². The van der Waals surface area contributed by atoms with Crippen LogP contribution in [0.15, 0.2) is 18.5 Å². The Labute approximate surface area is 188 Å². The molecule has 0 unspecified atom stereocenters. The van der Waals surface area contributed by atoms with Crippen molar-refractivity contribution in [1.82, 2.24) is 25.0 Å². The van der Waals surface area contributed by atoms with Gasteiger partial charge in [0.05, 0.1) is 11.7 Å². The Kier molecular flexibility index (Phi) is 6.92. The van der Waals surface area contributed by atoms with Crippen molar-refractivity contribution in [2.75, 3.05) is 44.2 Å². The lowest BCUT2D eigenvalue weighted by Crippen LogP contribution is -2.51. The summed E-state index contributed by atoms with van der Waals surface area (Å²) in [4.78, 5) is 34.9. The van der Waals surface area contributed by atoms with Crippen LogP contribution in [-0.2, 0) is 9.47 Å². The third kappa shape index (κ3) is 6.32. The van der Waals surface area contributed by atoms with Crippen molar-refractivity contribution in [2.24, 2.45) is 0 Å². The van der Waals surface area contributed by atoms with E-state index in [1.807, 2.05) is 47.6 Å². The van der Waals surface area contributed by atoms with Crippen LogP contribution >= 0.6 is 0 Å². The lowest BCUT2D eigenvalue weighted by Gasteiger charge is -2.36. The molecule has 0 bridgehead atoms. The fraction of sp³-hybridized carbons (Fsp3) is 0.636. The lowest BCUT2D eigenvalue weighted by molar-refractivity contribution is 0.0147. The van der Waals surface area contributed by atoms with Crippen molar-refractivity contribution in [3.05, 3.63) is 18.5 Å². The van der Waals surface area contributed by atoms with E-state index in [1.165, 1.54) is 0 Å². The van der Waals surface area contributed by atoms with Crippen LogP contribution < -0.4 is 4.90 Å². The van der Waals surface area contributed by atoms with Crippen LogP contribution in [0.1, 0.15) is 41.5 Å². The van der Waals surface area contributed by atoms with Crippen molar-refractivity contribution >= 4 is 28.9 Å². The fourth-order valence-corrected chi connectivity index (χ4v) is 3.38. The molecule has 1 aliphatic rings. The molecule has 3 rings (SSSR count). The number of piperazine rings is 1. The molecule has 0 atom stereocenters. The maximum atomic E-state index is 13.0. The Balaban J connectivity index is 1.65. The lowest BCUT2D eigenvalue weighted by atomic mass is 10.2. The van der Waals surface area contributed by atoms with Gasteiger partial charge in [-0.15, -0.1) is 0 Å². The second kappa shape index (κ2) is 9.32. The molecule has 1 aliphatic heterocycles. The summed E-state index contributed by atoms with van der Waals surface area (Å²) < 4.78 is 11.1. The molecular weight excluding hydrogens is 412 g/mol. The smallest absolute Gasteiger partial charge is 0.416 e. The van der Waals surface area contributed by atoms with Crippen LogP contribution in [0.5, 0.6) is 0 Å². The van der Waals surface area contributed by atoms with Gasteiger partial charge in [0.1, 0.15) is 11.2 Å². The molecule has 1 saturated heterocycles. The minimum atomic E-state index is -0.623. The van der Waals surface area contributed by atoms with Gasteiger partial charge in [-0.3, -0.25) is 19.9 Å². The van der Waals surface area contributed by atoms with Crippen LogP contribution in [0.2, 0.25) is 0 Å². The van der Waals surface area contributed by atoms with E-state index in [2.05, 4.69) is 20.1 Å². The monoisotopic (exact) mass is 446 g/mol. The second-order valence-corrected chi connectivity index (χ2v) is 9.91. The highest BCUT2D eigenvalue weighted by molar-refractivity contribution is 5.98. The van der Waals surface area contributed by atoms with Gasteiger partial charge >= 0.3 is 12.2 Å². The predicted octanol–water partition coefficient (Wildman–Crippen LogP) is 3.25. The van der Waals surface area contributed by atoms with Crippen LogP contribution in [0.3, 0.4) is 0 Å². The highest BCUT2D eigenvalue weighted by atomic mass is 16.6. The zero-order valence-corrected chi connectivity index (χ0v) is 19.8. The molecule has 2 amide bonds. The number of fused-ring (bicyclic) bond motifs is 1. The summed E-state index contributed by atoms with van der Waals surface area (Å²) in [6.07, 6.45) is 2.61. The van der Waals surface area contributed by atoms with E-state index in [-0.39, 0.29) is 6.09 Å². The first-order valence-electron chi connectivity index (χ1n) is 10.9. The number of aromatic amines is 1. The molecule has 176 valence electrons. The van der Waals surface area contributed by atoms with Gasteiger partial charge in [-0.1, -0.05) is 0 Å². The number of anilines is 1. The van der Waals surface area contributed by atoms with Gasteiger partial charge in [0.2, 0.25) is 0 Å². The van der Waals surface area contributed by atoms with E-state index in [0.29, 0.717) is 45.1 Å². The van der Waals surface area contributed by atoms with Gasteiger partial charge in [-0.2, -0.15) is 5.10 Å². The summed E-state index contributed by atoms with van der Waals surface area (Å²) in [5.41, 5.74) is -0.381. The summed E-state index contributed by atoms with van der Waals surface area (Å²) in [6.45, 7) is 14.7. The molecule has 32 heavy (non-hydrogen) atoms. The molecule has 10 nitrogen and oxygen atoms in total. The zero-order valence-electron chi connectivity index (χ0n) is 19.8. The number of pyridine rings is 1. The van der Waals surface area contributed by atoms with Crippen LogP contribution in [0, 0.1) is 0 Å². The molecule has 0 saturated carbocycles. The zero-order chi connectivity index (χ0) is 23.5. The molecule has 3 heterocycles. The number of carbonyl (C=O) groups excluding carboxylic acids is 2. The Hall–Kier alpha value is -2.88. The normalized spacial score (nSPS) is 15.6. The maximum Gasteiger partial charge on any atom is 0.416 e. The molecule has 2 aromatic rings. The first kappa shape index (κ1) is 23.8. The Morgan fingerprint density at radius 1 is 1.06 bits per heavy atom. The molecule has 0 aromatic carbocycles. The average Bonchev–Trinajstić information content (AvgIpc) is 3.10. The Morgan fingerprint density at radius 2 is 1.72 bits per heavy atom. The number of ether oxygens (including phenoxy) is 2. The van der Waals surface area contributed by atoms with Crippen molar-refractivity contribution in [3.63, 3.8) is 0 Å². The summed E-state index contributed by atoms with van der Waals surface area (Å²) >= 11 is 0. The van der Waals surface area contributed by atoms with Gasteiger partial charge in [0.15, 0.2) is 5.82 Å². The van der Waals surface area contributed by atoms with Gasteiger partial charge in [0.25, 0.3) is 0 Å². The highest BCUT2D eigenvalue weighted by Crippen LogP contribution is 2.25. The van der Waals surface area contributed by atoms with E-state index >= 15 is 0 Å². The number of nitrogens with zero attached hydrogens (tertiary/aromatic N) is 5. The molecule has 0 radical (unpaired) electrons. The van der Waals surface area contributed by atoms with Gasteiger partial charge in [-0.05, 0) is 47.6 Å². The second-order valence-electron chi connectivity index (χ2n) is 9.91. The number of carbonyl (C=O) groups is 2. The minimum absolute atomic E-state index is 0.288. The summed E-state index contributed by atoms with van der Waals surface area (Å²) in [5.74, 6) is 0.518. The Bertz CT molecular complexity index is 938. The summed E-state index contributed by atoms with van der Waals surface area (Å²) in [5, 5.41) is 8.09. The SMILES string of the molecule is CC(C)(C)OC(=O)N1CCN(CCN(C(=O)OC(C)(C)C)c2n[nH]c3cnccc23)CC1.